The van der Waals surface area contributed by atoms with Crippen LogP contribution in [0.15, 0.2) is 18.3 Å². The van der Waals surface area contributed by atoms with E-state index >= 15 is 0 Å². The van der Waals surface area contributed by atoms with Gasteiger partial charge in [-0.15, -0.1) is 0 Å². The zero-order valence-corrected chi connectivity index (χ0v) is 10.4. The number of carboxylic acids is 1. The Morgan fingerprint density at radius 3 is 2.74 bits per heavy atom. The van der Waals surface area contributed by atoms with Crippen LogP contribution >= 0.6 is 0 Å². The number of aromatic nitrogens is 1. The second-order valence-electron chi connectivity index (χ2n) is 4.60. The molecule has 100 valence electrons. The maximum absolute atomic E-state index is 10.5. The second-order valence-corrected chi connectivity index (χ2v) is 4.60. The molecule has 0 atom stereocenters. The Hall–Kier alpha value is -2.17. The van der Waals surface area contributed by atoms with Gasteiger partial charge in [-0.1, -0.05) is 0 Å². The van der Waals surface area contributed by atoms with Crippen molar-refractivity contribution < 1.29 is 19.4 Å². The molecule has 0 spiro atoms. The Bertz CT molecular complexity index is 617. The normalized spacial score (nSPS) is 13.7. The summed E-state index contributed by atoms with van der Waals surface area (Å²) >= 11 is 0. The van der Waals surface area contributed by atoms with Crippen LogP contribution in [-0.2, 0) is 11.2 Å². The number of nitrogens with one attached hydrogen (secondary N) is 1. The number of ether oxygens (including phenoxy) is 2. The van der Waals surface area contributed by atoms with Crippen molar-refractivity contribution in [1.82, 2.24) is 4.98 Å². The van der Waals surface area contributed by atoms with E-state index in [-0.39, 0.29) is 6.42 Å². The van der Waals surface area contributed by atoms with Crippen LogP contribution in [0.1, 0.15) is 18.4 Å². The third-order valence-electron chi connectivity index (χ3n) is 3.27. The molecule has 0 saturated carbocycles. The highest BCUT2D eigenvalue weighted by Crippen LogP contribution is 2.35. The first-order chi connectivity index (χ1) is 9.24. The highest BCUT2D eigenvalue weighted by molar-refractivity contribution is 5.86. The number of carbonyl (C=O) groups is 1. The van der Waals surface area contributed by atoms with Crippen molar-refractivity contribution in [3.05, 3.63) is 23.9 Å². The van der Waals surface area contributed by atoms with Crippen LogP contribution in [0.5, 0.6) is 11.5 Å². The van der Waals surface area contributed by atoms with E-state index in [0.717, 1.165) is 34.4 Å². The molecule has 1 aliphatic heterocycles. The summed E-state index contributed by atoms with van der Waals surface area (Å²) in [5, 5.41) is 9.75. The van der Waals surface area contributed by atoms with Crippen LogP contribution in [0.3, 0.4) is 0 Å². The van der Waals surface area contributed by atoms with Crippen molar-refractivity contribution >= 4 is 16.9 Å². The van der Waals surface area contributed by atoms with Crippen molar-refractivity contribution in [1.29, 1.82) is 0 Å². The molecular formula is C14H15NO4. The number of carboxylic acid groups (broad SMARTS) is 1. The van der Waals surface area contributed by atoms with Crippen molar-refractivity contribution in [2.24, 2.45) is 0 Å². The van der Waals surface area contributed by atoms with Gasteiger partial charge in [0.2, 0.25) is 0 Å². The summed E-state index contributed by atoms with van der Waals surface area (Å²) in [7, 11) is 0. The van der Waals surface area contributed by atoms with Crippen LogP contribution in [-0.4, -0.2) is 29.3 Å². The number of hydrogen-bond acceptors (Lipinski definition) is 3. The van der Waals surface area contributed by atoms with Gasteiger partial charge in [0.05, 0.1) is 0 Å². The number of fused-ring (bicyclic) bond motifs is 2. The molecule has 0 bridgehead atoms. The van der Waals surface area contributed by atoms with Gasteiger partial charge < -0.3 is 19.6 Å². The molecule has 2 N–H and O–H groups in total. The van der Waals surface area contributed by atoms with Gasteiger partial charge in [0.25, 0.3) is 0 Å². The average Bonchev–Trinajstić information content (AvgIpc) is 2.78. The van der Waals surface area contributed by atoms with Crippen LogP contribution in [0.25, 0.3) is 10.9 Å². The lowest BCUT2D eigenvalue weighted by atomic mass is 10.1. The van der Waals surface area contributed by atoms with Crippen LogP contribution < -0.4 is 9.47 Å². The molecule has 5 heteroatoms. The minimum Gasteiger partial charge on any atom is -0.486 e. The fourth-order valence-corrected chi connectivity index (χ4v) is 2.35. The summed E-state index contributed by atoms with van der Waals surface area (Å²) in [6.07, 6.45) is 3.50. The minimum atomic E-state index is -0.756. The standard InChI is InChI=1S/C14H15NO4/c16-14(17)3-1-2-9-8-15-11-7-13-12(6-10(9)11)18-4-5-19-13/h6-8,15H,1-5H2,(H,16,17). The van der Waals surface area contributed by atoms with E-state index in [4.69, 9.17) is 14.6 Å². The quantitative estimate of drug-likeness (QED) is 0.886. The van der Waals surface area contributed by atoms with E-state index in [2.05, 4.69) is 4.98 Å². The van der Waals surface area contributed by atoms with Gasteiger partial charge in [-0.25, -0.2) is 0 Å². The van der Waals surface area contributed by atoms with E-state index in [1.165, 1.54) is 0 Å². The molecule has 3 rings (SSSR count). The topological polar surface area (TPSA) is 71.5 Å². The highest BCUT2D eigenvalue weighted by Gasteiger charge is 2.15. The number of hydrogen-bond donors (Lipinski definition) is 2. The number of aryl methyl sites for hydroxylation is 1. The van der Waals surface area contributed by atoms with Gasteiger partial charge in [-0.3, -0.25) is 4.79 Å². The number of aliphatic carboxylic acids is 1. The maximum atomic E-state index is 10.5. The van der Waals surface area contributed by atoms with Crippen LogP contribution in [0.2, 0.25) is 0 Å². The summed E-state index contributed by atoms with van der Waals surface area (Å²) in [5.74, 6) is 0.768. The fourth-order valence-electron chi connectivity index (χ4n) is 2.35. The Morgan fingerprint density at radius 2 is 2.00 bits per heavy atom. The fraction of sp³-hybridized carbons (Fsp3) is 0.357. The summed E-state index contributed by atoms with van der Waals surface area (Å²) < 4.78 is 11.1. The maximum Gasteiger partial charge on any atom is 0.303 e. The second kappa shape index (κ2) is 4.84. The zero-order chi connectivity index (χ0) is 13.2. The Labute approximate surface area is 110 Å². The van der Waals surface area contributed by atoms with Gasteiger partial charge in [-0.2, -0.15) is 0 Å². The van der Waals surface area contributed by atoms with Gasteiger partial charge in [0, 0.05) is 29.6 Å². The number of aromatic amines is 1. The first kappa shape index (κ1) is 11.9. The molecule has 0 saturated heterocycles. The van der Waals surface area contributed by atoms with E-state index in [0.29, 0.717) is 19.6 Å². The Morgan fingerprint density at radius 1 is 1.26 bits per heavy atom. The molecule has 2 heterocycles. The largest absolute Gasteiger partial charge is 0.486 e. The lowest BCUT2D eigenvalue weighted by Crippen LogP contribution is -2.15. The van der Waals surface area contributed by atoms with E-state index < -0.39 is 5.97 Å². The van der Waals surface area contributed by atoms with Crippen LogP contribution in [0, 0.1) is 0 Å². The highest BCUT2D eigenvalue weighted by atomic mass is 16.6. The molecule has 0 fully saturated rings. The monoisotopic (exact) mass is 261 g/mol. The zero-order valence-electron chi connectivity index (χ0n) is 10.4. The molecule has 2 aromatic rings. The molecule has 0 amide bonds. The average molecular weight is 261 g/mol. The molecule has 1 aliphatic rings. The summed E-state index contributed by atoms with van der Waals surface area (Å²) in [6, 6.07) is 3.90. The van der Waals surface area contributed by atoms with E-state index in [1.807, 2.05) is 18.3 Å². The van der Waals surface area contributed by atoms with Gasteiger partial charge >= 0.3 is 5.97 Å². The van der Waals surface area contributed by atoms with Gasteiger partial charge in [0.15, 0.2) is 11.5 Å². The SMILES string of the molecule is O=C(O)CCCc1c[nH]c2cc3c(cc12)OCCO3. The lowest BCUT2D eigenvalue weighted by Gasteiger charge is -2.18. The number of benzene rings is 1. The van der Waals surface area contributed by atoms with E-state index in [1.54, 1.807) is 0 Å². The predicted molar refractivity (Wildman–Crippen MR) is 69.9 cm³/mol. The number of H-pyrrole nitrogens is 1. The third kappa shape index (κ3) is 2.36. The molecule has 5 nitrogen and oxygen atoms in total. The summed E-state index contributed by atoms with van der Waals surface area (Å²) in [6.45, 7) is 1.14. The number of rotatable bonds is 4. The van der Waals surface area contributed by atoms with Crippen molar-refractivity contribution in [2.45, 2.75) is 19.3 Å². The van der Waals surface area contributed by atoms with Crippen molar-refractivity contribution in [3.8, 4) is 11.5 Å². The van der Waals surface area contributed by atoms with Crippen molar-refractivity contribution in [3.63, 3.8) is 0 Å². The molecule has 0 aliphatic carbocycles. The molecule has 1 aromatic carbocycles. The smallest absolute Gasteiger partial charge is 0.303 e. The molecule has 0 radical (unpaired) electrons. The van der Waals surface area contributed by atoms with Gasteiger partial charge in [0.1, 0.15) is 13.2 Å². The molecular weight excluding hydrogens is 246 g/mol. The van der Waals surface area contributed by atoms with E-state index in [9.17, 15) is 4.79 Å². The molecule has 1 aromatic heterocycles. The first-order valence-electron chi connectivity index (χ1n) is 6.35. The Balaban J connectivity index is 1.87. The van der Waals surface area contributed by atoms with Crippen molar-refractivity contribution in [2.75, 3.05) is 13.2 Å². The molecule has 19 heavy (non-hydrogen) atoms. The summed E-state index contributed by atoms with van der Waals surface area (Å²) in [5.41, 5.74) is 2.11. The Kier molecular flexibility index (Phi) is 3.03. The molecule has 0 unspecified atom stereocenters. The summed E-state index contributed by atoms with van der Waals surface area (Å²) in [4.78, 5) is 13.7. The lowest BCUT2D eigenvalue weighted by molar-refractivity contribution is -0.137. The third-order valence-corrected chi connectivity index (χ3v) is 3.27. The minimum absolute atomic E-state index is 0.192. The van der Waals surface area contributed by atoms with Gasteiger partial charge in [-0.05, 0) is 24.5 Å². The van der Waals surface area contributed by atoms with Crippen LogP contribution in [0.4, 0.5) is 0 Å². The first-order valence-corrected chi connectivity index (χ1v) is 6.35. The predicted octanol–water partition coefficient (Wildman–Crippen LogP) is 2.35.